The number of aliphatic hydroxyl groups is 1. The van der Waals surface area contributed by atoms with Gasteiger partial charge < -0.3 is 14.6 Å². The molecule has 0 unspecified atom stereocenters. The Morgan fingerprint density at radius 1 is 1.16 bits per heavy atom. The molecule has 0 saturated carbocycles. The highest BCUT2D eigenvalue weighted by Gasteiger charge is 2.27. The molecule has 0 radical (unpaired) electrons. The number of carbonyl (C=O) groups excluding carboxylic acids is 2. The summed E-state index contributed by atoms with van der Waals surface area (Å²) in [6, 6.07) is 0. The lowest BCUT2D eigenvalue weighted by Crippen LogP contribution is -2.09. The maximum absolute atomic E-state index is 12.3. The van der Waals surface area contributed by atoms with Gasteiger partial charge in [0.25, 0.3) is 0 Å². The molecule has 0 aromatic carbocycles. The van der Waals surface area contributed by atoms with Gasteiger partial charge in [-0.25, -0.2) is 9.59 Å². The monoisotopic (exact) mass is 366 g/mol. The van der Waals surface area contributed by atoms with Gasteiger partial charge in [0.05, 0.1) is 13.2 Å². The van der Waals surface area contributed by atoms with Crippen LogP contribution in [0.3, 0.4) is 0 Å². The van der Waals surface area contributed by atoms with Crippen LogP contribution in [0.1, 0.15) is 54.4 Å². The lowest BCUT2D eigenvalue weighted by Gasteiger charge is -2.11. The van der Waals surface area contributed by atoms with Crippen LogP contribution in [0.25, 0.3) is 0 Å². The lowest BCUT2D eigenvalue weighted by molar-refractivity contribution is -0.138. The number of allylic oxidation sites excluding steroid dienone is 1. The van der Waals surface area contributed by atoms with Crippen LogP contribution in [-0.2, 0) is 27.1 Å². The number of rotatable bonds is 6. The molecule has 1 aliphatic rings. The van der Waals surface area contributed by atoms with E-state index in [1.54, 1.807) is 13.8 Å². The van der Waals surface area contributed by atoms with Crippen LogP contribution in [0.15, 0.2) is 21.7 Å². The number of esters is 2. The standard InChI is InChI=1S/C17H22N2O5S/c1-4-23-16(21)13-11-8-6-7-9-12(11)25-15(13)19-18-14(10(3)20)17(22)24-5-2/h20H,4-9H2,1-3H3/b14-10-,19-18?. The van der Waals surface area contributed by atoms with E-state index in [4.69, 9.17) is 9.47 Å². The van der Waals surface area contributed by atoms with Crippen LogP contribution in [0.2, 0.25) is 0 Å². The normalized spacial score (nSPS) is 14.8. The molecule has 25 heavy (non-hydrogen) atoms. The quantitative estimate of drug-likeness (QED) is 0.351. The fourth-order valence-electron chi connectivity index (χ4n) is 2.59. The molecule has 1 aromatic heterocycles. The number of hydrogen-bond donors (Lipinski definition) is 1. The van der Waals surface area contributed by atoms with Gasteiger partial charge in [-0.15, -0.1) is 21.6 Å². The number of nitrogens with zero attached hydrogens (tertiary/aromatic N) is 2. The Balaban J connectivity index is 2.41. The zero-order valence-corrected chi connectivity index (χ0v) is 15.4. The molecule has 8 heteroatoms. The van der Waals surface area contributed by atoms with E-state index in [1.165, 1.54) is 18.3 Å². The van der Waals surface area contributed by atoms with E-state index in [1.807, 2.05) is 0 Å². The Bertz CT molecular complexity index is 717. The van der Waals surface area contributed by atoms with Gasteiger partial charge in [0.1, 0.15) is 11.3 Å². The van der Waals surface area contributed by atoms with E-state index in [0.29, 0.717) is 10.6 Å². The van der Waals surface area contributed by atoms with E-state index in [0.717, 1.165) is 36.1 Å². The van der Waals surface area contributed by atoms with Crippen LogP contribution in [-0.4, -0.2) is 30.3 Å². The fourth-order valence-corrected chi connectivity index (χ4v) is 3.79. The first-order valence-electron chi connectivity index (χ1n) is 8.29. The van der Waals surface area contributed by atoms with Gasteiger partial charge in [0, 0.05) is 4.88 Å². The molecule has 0 saturated heterocycles. The summed E-state index contributed by atoms with van der Waals surface area (Å²) in [5.74, 6) is -1.48. The summed E-state index contributed by atoms with van der Waals surface area (Å²) >= 11 is 1.38. The first kappa shape index (κ1) is 19.1. The molecule has 0 fully saturated rings. The molecule has 0 atom stereocenters. The fraction of sp³-hybridized carbons (Fsp3) is 0.529. The minimum Gasteiger partial charge on any atom is -0.510 e. The highest BCUT2D eigenvalue weighted by molar-refractivity contribution is 7.16. The second-order valence-corrected chi connectivity index (χ2v) is 6.55. The zero-order valence-electron chi connectivity index (χ0n) is 14.6. The third-order valence-corrected chi connectivity index (χ3v) is 4.86. The van der Waals surface area contributed by atoms with Crippen molar-refractivity contribution < 1.29 is 24.2 Å². The molecule has 1 aliphatic carbocycles. The van der Waals surface area contributed by atoms with Gasteiger partial charge in [-0.05, 0) is 52.0 Å². The first-order valence-corrected chi connectivity index (χ1v) is 9.11. The van der Waals surface area contributed by atoms with E-state index >= 15 is 0 Å². The Hall–Kier alpha value is -2.22. The molecule has 0 bridgehead atoms. The summed E-state index contributed by atoms with van der Waals surface area (Å²) in [6.07, 6.45) is 3.77. The minimum atomic E-state index is -0.759. The molecule has 0 spiro atoms. The average molecular weight is 366 g/mol. The molecular formula is C17H22N2O5S. The molecule has 1 N–H and O–H groups in total. The number of carbonyl (C=O) groups is 2. The number of aryl methyl sites for hydroxylation is 1. The number of thiophene rings is 1. The predicted molar refractivity (Wildman–Crippen MR) is 93.4 cm³/mol. The molecular weight excluding hydrogens is 344 g/mol. The highest BCUT2D eigenvalue weighted by atomic mass is 32.1. The van der Waals surface area contributed by atoms with Crippen molar-refractivity contribution in [2.45, 2.75) is 46.5 Å². The Morgan fingerprint density at radius 2 is 1.84 bits per heavy atom. The maximum atomic E-state index is 12.3. The second kappa shape index (κ2) is 8.75. The van der Waals surface area contributed by atoms with E-state index in [-0.39, 0.29) is 24.7 Å². The average Bonchev–Trinajstić information content (AvgIpc) is 2.93. The zero-order chi connectivity index (χ0) is 18.4. The Morgan fingerprint density at radius 3 is 2.48 bits per heavy atom. The van der Waals surface area contributed by atoms with Gasteiger partial charge in [-0.3, -0.25) is 0 Å². The SMILES string of the molecule is CCOC(=O)/C(N=Nc1sc2c(c1C(=O)OCC)CCCC2)=C(\C)O. The summed E-state index contributed by atoms with van der Waals surface area (Å²) in [4.78, 5) is 25.3. The lowest BCUT2D eigenvalue weighted by atomic mass is 9.95. The molecule has 136 valence electrons. The summed E-state index contributed by atoms with van der Waals surface area (Å²) in [7, 11) is 0. The van der Waals surface area contributed by atoms with Crippen LogP contribution in [0, 0.1) is 0 Å². The number of fused-ring (bicyclic) bond motifs is 1. The van der Waals surface area contributed by atoms with Gasteiger partial charge >= 0.3 is 11.9 Å². The van der Waals surface area contributed by atoms with Gasteiger partial charge in [0.15, 0.2) is 5.00 Å². The van der Waals surface area contributed by atoms with Crippen LogP contribution < -0.4 is 0 Å². The van der Waals surface area contributed by atoms with Crippen LogP contribution in [0.4, 0.5) is 5.00 Å². The number of aliphatic hydroxyl groups excluding tert-OH is 1. The number of azo groups is 1. The van der Waals surface area contributed by atoms with Crippen molar-refractivity contribution in [2.24, 2.45) is 10.2 Å². The summed E-state index contributed by atoms with van der Waals surface area (Å²) in [6.45, 7) is 5.16. The maximum Gasteiger partial charge on any atom is 0.362 e. The third-order valence-electron chi connectivity index (χ3n) is 3.68. The highest BCUT2D eigenvalue weighted by Crippen LogP contribution is 2.40. The number of hydrogen-bond acceptors (Lipinski definition) is 8. The smallest absolute Gasteiger partial charge is 0.362 e. The van der Waals surface area contributed by atoms with Crippen molar-refractivity contribution in [3.8, 4) is 0 Å². The Labute approximate surface area is 150 Å². The largest absolute Gasteiger partial charge is 0.510 e. The topological polar surface area (TPSA) is 97.6 Å². The van der Waals surface area contributed by atoms with Crippen LogP contribution >= 0.6 is 11.3 Å². The predicted octanol–water partition coefficient (Wildman–Crippen LogP) is 4.24. The van der Waals surface area contributed by atoms with Gasteiger partial charge in [-0.2, -0.15) is 0 Å². The van der Waals surface area contributed by atoms with Crippen molar-refractivity contribution in [1.82, 2.24) is 0 Å². The van der Waals surface area contributed by atoms with Crippen molar-refractivity contribution in [3.05, 3.63) is 27.5 Å². The summed E-state index contributed by atoms with van der Waals surface area (Å²) in [5.41, 5.74) is 1.11. The Kier molecular flexibility index (Phi) is 6.69. The van der Waals surface area contributed by atoms with E-state index < -0.39 is 11.9 Å². The molecule has 7 nitrogen and oxygen atoms in total. The van der Waals surface area contributed by atoms with Gasteiger partial charge in [-0.1, -0.05) is 0 Å². The molecule has 2 rings (SSSR count). The van der Waals surface area contributed by atoms with Crippen LogP contribution in [0.5, 0.6) is 0 Å². The summed E-state index contributed by atoms with van der Waals surface area (Å²) in [5, 5.41) is 18.0. The number of ether oxygens (including phenoxy) is 2. The summed E-state index contributed by atoms with van der Waals surface area (Å²) < 4.78 is 10.00. The molecule has 0 aliphatic heterocycles. The van der Waals surface area contributed by atoms with E-state index in [9.17, 15) is 14.7 Å². The van der Waals surface area contributed by atoms with Crippen molar-refractivity contribution in [1.29, 1.82) is 0 Å². The molecule has 1 heterocycles. The molecule has 0 amide bonds. The van der Waals surface area contributed by atoms with Crippen molar-refractivity contribution in [2.75, 3.05) is 13.2 Å². The molecule has 1 aromatic rings. The minimum absolute atomic E-state index is 0.159. The van der Waals surface area contributed by atoms with Gasteiger partial charge in [0.2, 0.25) is 5.70 Å². The van der Waals surface area contributed by atoms with Crippen molar-refractivity contribution >= 4 is 28.3 Å². The third kappa shape index (κ3) is 4.45. The van der Waals surface area contributed by atoms with E-state index in [2.05, 4.69) is 10.2 Å². The van der Waals surface area contributed by atoms with Crippen molar-refractivity contribution in [3.63, 3.8) is 0 Å². The second-order valence-electron chi connectivity index (χ2n) is 5.47. The first-order chi connectivity index (χ1) is 12.0.